The maximum absolute atomic E-state index is 13.2. The average Bonchev–Trinajstić information content (AvgIpc) is 3.27. The van der Waals surface area contributed by atoms with Crippen molar-refractivity contribution < 1.29 is 9.53 Å². The lowest BCUT2D eigenvalue weighted by atomic mass is 9.93. The van der Waals surface area contributed by atoms with Gasteiger partial charge in [-0.1, -0.05) is 67.4 Å². The van der Waals surface area contributed by atoms with Gasteiger partial charge in [0, 0.05) is 11.7 Å². The molecule has 1 aliphatic rings. The number of benzene rings is 2. The van der Waals surface area contributed by atoms with Gasteiger partial charge in [0.15, 0.2) is 5.82 Å². The molecule has 6 nitrogen and oxygen atoms in total. The zero-order chi connectivity index (χ0) is 21.5. The van der Waals surface area contributed by atoms with Gasteiger partial charge in [0.05, 0.1) is 5.75 Å². The predicted molar refractivity (Wildman–Crippen MR) is 123 cm³/mol. The summed E-state index contributed by atoms with van der Waals surface area (Å²) in [7, 11) is 0. The van der Waals surface area contributed by atoms with Gasteiger partial charge in [-0.15, -0.1) is 5.10 Å². The Morgan fingerprint density at radius 3 is 2.61 bits per heavy atom. The molecule has 0 saturated heterocycles. The number of rotatable bonds is 8. The van der Waals surface area contributed by atoms with Gasteiger partial charge >= 0.3 is 0 Å². The molecule has 0 aliphatic heterocycles. The number of nitrogens with one attached hydrogen (secondary N) is 1. The second-order valence-electron chi connectivity index (χ2n) is 7.80. The van der Waals surface area contributed by atoms with Crippen molar-refractivity contribution in [3.8, 4) is 5.75 Å². The summed E-state index contributed by atoms with van der Waals surface area (Å²) < 4.78 is 5.82. The van der Waals surface area contributed by atoms with E-state index in [-0.39, 0.29) is 11.9 Å². The van der Waals surface area contributed by atoms with Crippen LogP contribution in [0.3, 0.4) is 0 Å². The number of thioether (sulfide) groups is 1. The van der Waals surface area contributed by atoms with Crippen LogP contribution < -0.4 is 9.64 Å². The van der Waals surface area contributed by atoms with Crippen LogP contribution in [-0.2, 0) is 11.4 Å². The second-order valence-corrected chi connectivity index (χ2v) is 8.74. The molecule has 1 heterocycles. The highest BCUT2D eigenvalue weighted by atomic mass is 32.2. The molecule has 0 bridgehead atoms. The van der Waals surface area contributed by atoms with Gasteiger partial charge in [0.2, 0.25) is 11.1 Å². The van der Waals surface area contributed by atoms with E-state index >= 15 is 0 Å². The molecule has 0 unspecified atom stereocenters. The molecule has 1 amide bonds. The Labute approximate surface area is 187 Å². The zero-order valence-electron chi connectivity index (χ0n) is 17.8. The number of anilines is 1. The van der Waals surface area contributed by atoms with E-state index in [1.807, 2.05) is 66.4 Å². The first-order valence-corrected chi connectivity index (χ1v) is 11.8. The Kier molecular flexibility index (Phi) is 7.25. The summed E-state index contributed by atoms with van der Waals surface area (Å²) in [6.07, 6.45) is 5.74. The topological polar surface area (TPSA) is 71.1 Å². The molecule has 1 N–H and O–H groups in total. The van der Waals surface area contributed by atoms with Gasteiger partial charge in [-0.3, -0.25) is 9.89 Å². The number of para-hydroxylation sites is 2. The maximum atomic E-state index is 13.2. The fourth-order valence-corrected chi connectivity index (χ4v) is 4.63. The Morgan fingerprint density at radius 1 is 1.10 bits per heavy atom. The van der Waals surface area contributed by atoms with Crippen molar-refractivity contribution in [3.63, 3.8) is 0 Å². The van der Waals surface area contributed by atoms with Crippen LogP contribution >= 0.6 is 11.8 Å². The van der Waals surface area contributed by atoms with Crippen molar-refractivity contribution in [2.75, 3.05) is 10.7 Å². The highest BCUT2D eigenvalue weighted by molar-refractivity contribution is 7.99. The molecule has 7 heteroatoms. The van der Waals surface area contributed by atoms with Gasteiger partial charge in [-0.05, 0) is 43.5 Å². The first-order valence-electron chi connectivity index (χ1n) is 10.8. The van der Waals surface area contributed by atoms with E-state index in [0.717, 1.165) is 29.8 Å². The van der Waals surface area contributed by atoms with E-state index in [1.54, 1.807) is 0 Å². The number of nitrogens with zero attached hydrogens (tertiary/aromatic N) is 3. The third-order valence-electron chi connectivity index (χ3n) is 5.54. The molecule has 31 heavy (non-hydrogen) atoms. The van der Waals surface area contributed by atoms with Crippen molar-refractivity contribution in [3.05, 3.63) is 66.0 Å². The fourth-order valence-electron chi connectivity index (χ4n) is 3.95. The van der Waals surface area contributed by atoms with Gasteiger partial charge in [-0.2, -0.15) is 0 Å². The molecule has 1 aliphatic carbocycles. The van der Waals surface area contributed by atoms with Crippen LogP contribution in [-0.4, -0.2) is 32.9 Å². The Morgan fingerprint density at radius 2 is 1.84 bits per heavy atom. The number of carbonyl (C=O) groups excluding carboxylic acids is 1. The van der Waals surface area contributed by atoms with Crippen molar-refractivity contribution >= 4 is 23.4 Å². The number of aromatic nitrogens is 3. The van der Waals surface area contributed by atoms with Crippen LogP contribution in [0.4, 0.5) is 5.69 Å². The lowest BCUT2D eigenvalue weighted by Crippen LogP contribution is -2.42. The van der Waals surface area contributed by atoms with Gasteiger partial charge in [-0.25, -0.2) is 4.98 Å². The number of aromatic amines is 1. The maximum Gasteiger partial charge on any atom is 0.237 e. The van der Waals surface area contributed by atoms with Crippen LogP contribution in [0.5, 0.6) is 5.75 Å². The van der Waals surface area contributed by atoms with E-state index in [1.165, 1.54) is 31.0 Å². The smallest absolute Gasteiger partial charge is 0.237 e. The lowest BCUT2D eigenvalue weighted by Gasteiger charge is -2.34. The second kappa shape index (κ2) is 10.5. The summed E-state index contributed by atoms with van der Waals surface area (Å²) in [5.74, 6) is 1.88. The van der Waals surface area contributed by atoms with Gasteiger partial charge in [0.1, 0.15) is 12.4 Å². The molecule has 0 atom stereocenters. The van der Waals surface area contributed by atoms with Crippen molar-refractivity contribution in [1.82, 2.24) is 15.2 Å². The first kappa shape index (κ1) is 21.4. The van der Waals surface area contributed by atoms with Crippen molar-refractivity contribution in [1.29, 1.82) is 0 Å². The number of hydrogen-bond donors (Lipinski definition) is 1. The van der Waals surface area contributed by atoms with Crippen molar-refractivity contribution in [2.45, 2.75) is 56.8 Å². The van der Waals surface area contributed by atoms with Crippen LogP contribution in [0.2, 0.25) is 0 Å². The number of H-pyrrole nitrogens is 1. The molecule has 4 rings (SSSR count). The van der Waals surface area contributed by atoms with Crippen LogP contribution in [0.1, 0.15) is 43.5 Å². The molecule has 162 valence electrons. The minimum atomic E-state index is 0.102. The Hall–Kier alpha value is -2.80. The summed E-state index contributed by atoms with van der Waals surface area (Å²) in [6.45, 7) is 2.32. The van der Waals surface area contributed by atoms with E-state index in [0.29, 0.717) is 23.3 Å². The summed E-state index contributed by atoms with van der Waals surface area (Å²) >= 11 is 1.36. The molecular formula is C24H28N4O2S. The first-order chi connectivity index (χ1) is 15.2. The van der Waals surface area contributed by atoms with E-state index < -0.39 is 0 Å². The standard InChI is InChI=1S/C24H28N4O2S/c1-18-10-8-9-15-21(18)30-16-22-25-24(27-26-22)31-17-23(29)28(19-11-4-2-5-12-19)20-13-6-3-7-14-20/h2,4-5,8-12,15,20H,3,6-7,13-14,16-17H2,1H3,(H,25,26,27). The number of amides is 1. The number of ether oxygens (including phenoxy) is 1. The molecule has 2 aromatic carbocycles. The minimum Gasteiger partial charge on any atom is -0.485 e. The molecule has 3 aromatic rings. The van der Waals surface area contributed by atoms with Crippen LogP contribution in [0.25, 0.3) is 0 Å². The van der Waals surface area contributed by atoms with Crippen molar-refractivity contribution in [2.24, 2.45) is 0 Å². The number of carbonyl (C=O) groups is 1. The number of hydrogen-bond acceptors (Lipinski definition) is 5. The van der Waals surface area contributed by atoms with E-state index in [9.17, 15) is 4.79 Å². The van der Waals surface area contributed by atoms with E-state index in [4.69, 9.17) is 4.74 Å². The third kappa shape index (κ3) is 5.67. The van der Waals surface area contributed by atoms with Gasteiger partial charge in [0.25, 0.3) is 0 Å². The number of aryl methyl sites for hydroxylation is 1. The quantitative estimate of drug-likeness (QED) is 0.495. The highest BCUT2D eigenvalue weighted by Crippen LogP contribution is 2.28. The molecule has 1 aromatic heterocycles. The molecule has 1 fully saturated rings. The monoisotopic (exact) mass is 436 g/mol. The predicted octanol–water partition coefficient (Wildman–Crippen LogP) is 5.15. The zero-order valence-corrected chi connectivity index (χ0v) is 18.6. The fraction of sp³-hybridized carbons (Fsp3) is 0.375. The third-order valence-corrected chi connectivity index (χ3v) is 6.37. The molecule has 0 radical (unpaired) electrons. The Bertz CT molecular complexity index is 986. The molecule has 1 saturated carbocycles. The SMILES string of the molecule is Cc1ccccc1OCc1nc(SCC(=O)N(c2ccccc2)C2CCCCC2)n[nH]1. The lowest BCUT2D eigenvalue weighted by molar-refractivity contribution is -0.116. The summed E-state index contributed by atoms with van der Waals surface area (Å²) in [6, 6.07) is 18.1. The largest absolute Gasteiger partial charge is 0.485 e. The van der Waals surface area contributed by atoms with Crippen LogP contribution in [0, 0.1) is 6.92 Å². The highest BCUT2D eigenvalue weighted by Gasteiger charge is 2.27. The Balaban J connectivity index is 1.36. The molecular weight excluding hydrogens is 408 g/mol. The summed E-state index contributed by atoms with van der Waals surface area (Å²) in [4.78, 5) is 19.6. The summed E-state index contributed by atoms with van der Waals surface area (Å²) in [5.41, 5.74) is 2.05. The molecule has 0 spiro atoms. The minimum absolute atomic E-state index is 0.102. The average molecular weight is 437 g/mol. The summed E-state index contributed by atoms with van der Waals surface area (Å²) in [5, 5.41) is 7.72. The normalized spacial score (nSPS) is 14.4. The van der Waals surface area contributed by atoms with Crippen LogP contribution in [0.15, 0.2) is 59.8 Å². The van der Waals surface area contributed by atoms with Gasteiger partial charge < -0.3 is 9.64 Å². The van der Waals surface area contributed by atoms with E-state index in [2.05, 4.69) is 15.2 Å².